The lowest BCUT2D eigenvalue weighted by atomic mass is 9.61. The fourth-order valence-corrected chi connectivity index (χ4v) is 5.40. The van der Waals surface area contributed by atoms with Crippen molar-refractivity contribution in [2.24, 2.45) is 17.6 Å². The van der Waals surface area contributed by atoms with Crippen LogP contribution in [0.25, 0.3) is 10.9 Å². The molecule has 0 radical (unpaired) electrons. The second-order valence-corrected chi connectivity index (χ2v) is 7.22. The SMILES string of the molecule is N[C@@H]1Cc2c3n(c4cccc(O)c24)C(=O)C[C@H]2CCC[C@@H]1[C@@H]32. The van der Waals surface area contributed by atoms with E-state index in [1.165, 1.54) is 18.5 Å². The monoisotopic (exact) mass is 296 g/mol. The summed E-state index contributed by atoms with van der Waals surface area (Å²) in [5.74, 6) is 1.80. The Morgan fingerprint density at radius 3 is 2.95 bits per heavy atom. The summed E-state index contributed by atoms with van der Waals surface area (Å²) in [6.07, 6.45) is 4.89. The molecule has 0 unspecified atom stereocenters. The van der Waals surface area contributed by atoms with E-state index in [0.29, 0.717) is 24.2 Å². The standard InChI is InChI=1S/C18H20N2O2/c19-12-8-11-17-13(5-2-6-14(17)21)20-15(22)7-9-3-1-4-10(12)16(9)18(11)20/h2,5-6,9-10,12,16,21H,1,3-4,7-8,19H2/t9-,10+,12-,16+/m1/s1. The molecule has 5 rings (SSSR count). The Morgan fingerprint density at radius 2 is 2.09 bits per heavy atom. The van der Waals surface area contributed by atoms with Gasteiger partial charge in [0.2, 0.25) is 5.91 Å². The molecule has 4 atom stereocenters. The Morgan fingerprint density at radius 1 is 1.23 bits per heavy atom. The average Bonchev–Trinajstić information content (AvgIpc) is 2.84. The van der Waals surface area contributed by atoms with E-state index in [0.717, 1.165) is 29.3 Å². The number of phenolic OH excluding ortho intramolecular Hbond substituents is 1. The molecule has 0 amide bonds. The van der Waals surface area contributed by atoms with Crippen molar-refractivity contribution < 1.29 is 9.90 Å². The number of carbonyl (C=O) groups excluding carboxylic acids is 1. The molecule has 4 heteroatoms. The molecule has 1 aromatic carbocycles. The number of nitrogens with zero attached hydrogens (tertiary/aromatic N) is 1. The van der Waals surface area contributed by atoms with Gasteiger partial charge in [0.1, 0.15) is 5.75 Å². The number of aromatic nitrogens is 1. The summed E-state index contributed by atoms with van der Waals surface area (Å²) in [7, 11) is 0. The molecule has 0 spiro atoms. The van der Waals surface area contributed by atoms with E-state index in [4.69, 9.17) is 5.73 Å². The number of hydrogen-bond donors (Lipinski definition) is 2. The largest absolute Gasteiger partial charge is 0.507 e. The van der Waals surface area contributed by atoms with E-state index in [1.54, 1.807) is 6.07 Å². The maximum absolute atomic E-state index is 12.7. The van der Waals surface area contributed by atoms with Gasteiger partial charge >= 0.3 is 0 Å². The van der Waals surface area contributed by atoms with Gasteiger partial charge in [-0.05, 0) is 48.8 Å². The van der Waals surface area contributed by atoms with E-state index in [1.807, 2.05) is 16.7 Å². The van der Waals surface area contributed by atoms with Crippen LogP contribution < -0.4 is 5.73 Å². The molecule has 2 aromatic rings. The van der Waals surface area contributed by atoms with E-state index >= 15 is 0 Å². The zero-order valence-corrected chi connectivity index (χ0v) is 12.5. The van der Waals surface area contributed by atoms with Gasteiger partial charge in [-0.15, -0.1) is 0 Å². The molecule has 4 nitrogen and oxygen atoms in total. The van der Waals surface area contributed by atoms with Crippen LogP contribution in [0.3, 0.4) is 0 Å². The molecule has 0 bridgehead atoms. The molecular formula is C18H20N2O2. The fourth-order valence-electron chi connectivity index (χ4n) is 5.40. The Kier molecular flexibility index (Phi) is 2.39. The highest BCUT2D eigenvalue weighted by Crippen LogP contribution is 2.54. The molecule has 22 heavy (non-hydrogen) atoms. The van der Waals surface area contributed by atoms with Crippen LogP contribution in [0, 0.1) is 11.8 Å². The first kappa shape index (κ1) is 12.7. The summed E-state index contributed by atoms with van der Waals surface area (Å²) in [4.78, 5) is 12.7. The van der Waals surface area contributed by atoms with Crippen LogP contribution >= 0.6 is 0 Å². The molecule has 2 aliphatic carbocycles. The number of hydrogen-bond acceptors (Lipinski definition) is 3. The summed E-state index contributed by atoms with van der Waals surface area (Å²) >= 11 is 0. The number of aromatic hydroxyl groups is 1. The fraction of sp³-hybridized carbons (Fsp3) is 0.500. The second kappa shape index (κ2) is 4.13. The predicted molar refractivity (Wildman–Crippen MR) is 84.1 cm³/mol. The third kappa shape index (κ3) is 1.39. The summed E-state index contributed by atoms with van der Waals surface area (Å²) in [6, 6.07) is 5.64. The topological polar surface area (TPSA) is 68.2 Å². The van der Waals surface area contributed by atoms with Crippen LogP contribution in [-0.4, -0.2) is 21.6 Å². The van der Waals surface area contributed by atoms with Crippen LogP contribution in [0.4, 0.5) is 0 Å². The molecule has 1 aliphatic heterocycles. The van der Waals surface area contributed by atoms with Crippen molar-refractivity contribution in [3.05, 3.63) is 29.5 Å². The van der Waals surface area contributed by atoms with Crippen molar-refractivity contribution in [1.29, 1.82) is 0 Å². The normalized spacial score (nSPS) is 33.0. The molecule has 1 saturated carbocycles. The van der Waals surface area contributed by atoms with Crippen molar-refractivity contribution in [2.75, 3.05) is 0 Å². The van der Waals surface area contributed by atoms with E-state index in [-0.39, 0.29) is 17.7 Å². The zero-order chi connectivity index (χ0) is 15.0. The van der Waals surface area contributed by atoms with Crippen molar-refractivity contribution in [1.82, 2.24) is 4.57 Å². The van der Waals surface area contributed by atoms with Crippen LogP contribution in [0.5, 0.6) is 5.75 Å². The van der Waals surface area contributed by atoms with Crippen LogP contribution in [0.1, 0.15) is 47.7 Å². The smallest absolute Gasteiger partial charge is 0.231 e. The van der Waals surface area contributed by atoms with Gasteiger partial charge in [0.05, 0.1) is 5.52 Å². The summed E-state index contributed by atoms with van der Waals surface area (Å²) in [6.45, 7) is 0. The van der Waals surface area contributed by atoms with Crippen molar-refractivity contribution in [3.8, 4) is 5.75 Å². The third-order valence-corrected chi connectivity index (χ3v) is 6.19. The lowest BCUT2D eigenvalue weighted by molar-refractivity contribution is 0.0748. The predicted octanol–water partition coefficient (Wildman–Crippen LogP) is 2.77. The number of nitrogens with two attached hydrogens (primary N) is 1. The van der Waals surface area contributed by atoms with Crippen LogP contribution in [-0.2, 0) is 6.42 Å². The zero-order valence-electron chi connectivity index (χ0n) is 12.5. The Balaban J connectivity index is 1.90. The van der Waals surface area contributed by atoms with Crippen molar-refractivity contribution >= 4 is 16.8 Å². The lowest BCUT2D eigenvalue weighted by Crippen LogP contribution is -2.47. The summed E-state index contributed by atoms with van der Waals surface area (Å²) in [5, 5.41) is 11.2. The minimum atomic E-state index is 0.146. The minimum Gasteiger partial charge on any atom is -0.507 e. The van der Waals surface area contributed by atoms with Gasteiger partial charge in [-0.1, -0.05) is 12.5 Å². The average molecular weight is 296 g/mol. The maximum atomic E-state index is 12.7. The molecular weight excluding hydrogens is 276 g/mol. The molecule has 2 heterocycles. The highest BCUT2D eigenvalue weighted by molar-refractivity contribution is 6.00. The number of phenols is 1. The number of fused-ring (bicyclic) bond motifs is 3. The lowest BCUT2D eigenvalue weighted by Gasteiger charge is -2.47. The van der Waals surface area contributed by atoms with Gasteiger partial charge < -0.3 is 10.8 Å². The summed E-state index contributed by atoms with van der Waals surface area (Å²) in [5.41, 5.74) is 9.66. The molecule has 0 saturated heterocycles. The minimum absolute atomic E-state index is 0.146. The molecule has 114 valence electrons. The number of rotatable bonds is 0. The van der Waals surface area contributed by atoms with Gasteiger partial charge in [0.15, 0.2) is 0 Å². The first-order valence-electron chi connectivity index (χ1n) is 8.30. The highest BCUT2D eigenvalue weighted by atomic mass is 16.3. The van der Waals surface area contributed by atoms with E-state index in [9.17, 15) is 9.90 Å². The molecule has 3 aliphatic rings. The van der Waals surface area contributed by atoms with Gasteiger partial charge in [-0.3, -0.25) is 9.36 Å². The first-order chi connectivity index (χ1) is 10.7. The Labute approximate surface area is 128 Å². The number of carbonyl (C=O) groups is 1. The second-order valence-electron chi connectivity index (χ2n) is 7.22. The van der Waals surface area contributed by atoms with Crippen molar-refractivity contribution in [2.45, 2.75) is 44.1 Å². The van der Waals surface area contributed by atoms with Gasteiger partial charge in [0, 0.05) is 29.5 Å². The Bertz CT molecular complexity index is 807. The van der Waals surface area contributed by atoms with E-state index in [2.05, 4.69) is 0 Å². The van der Waals surface area contributed by atoms with Gasteiger partial charge in [0.25, 0.3) is 0 Å². The Hall–Kier alpha value is -1.81. The van der Waals surface area contributed by atoms with Crippen LogP contribution in [0.2, 0.25) is 0 Å². The first-order valence-corrected chi connectivity index (χ1v) is 8.30. The molecule has 1 fully saturated rings. The van der Waals surface area contributed by atoms with E-state index < -0.39 is 0 Å². The molecule has 1 aromatic heterocycles. The van der Waals surface area contributed by atoms with Crippen molar-refractivity contribution in [3.63, 3.8) is 0 Å². The van der Waals surface area contributed by atoms with Gasteiger partial charge in [-0.25, -0.2) is 0 Å². The molecule has 3 N–H and O–H groups in total. The number of benzene rings is 1. The third-order valence-electron chi connectivity index (χ3n) is 6.19. The van der Waals surface area contributed by atoms with Crippen LogP contribution in [0.15, 0.2) is 18.2 Å². The highest BCUT2D eigenvalue weighted by Gasteiger charge is 2.48. The maximum Gasteiger partial charge on any atom is 0.231 e. The summed E-state index contributed by atoms with van der Waals surface area (Å²) < 4.78 is 1.90. The van der Waals surface area contributed by atoms with Gasteiger partial charge in [-0.2, -0.15) is 0 Å². The quantitative estimate of drug-likeness (QED) is 0.785.